The highest BCUT2D eigenvalue weighted by atomic mass is 35.5. The van der Waals surface area contributed by atoms with Gasteiger partial charge in [0.1, 0.15) is 6.04 Å². The van der Waals surface area contributed by atoms with Gasteiger partial charge in [0.25, 0.3) is 5.91 Å². The Bertz CT molecular complexity index is 677. The molecule has 0 saturated carbocycles. The summed E-state index contributed by atoms with van der Waals surface area (Å²) in [6.07, 6.45) is 3.36. The van der Waals surface area contributed by atoms with E-state index in [0.29, 0.717) is 28.8 Å². The molecule has 1 N–H and O–H groups in total. The minimum Gasteiger partial charge on any atom is -0.353 e. The Kier molecular flexibility index (Phi) is 7.66. The average molecular weight is 424 g/mol. The normalized spacial score (nSPS) is 22.8. The molecular formula is C21H30ClN3O2S. The third-order valence-electron chi connectivity index (χ3n) is 5.32. The van der Waals surface area contributed by atoms with E-state index in [9.17, 15) is 9.59 Å². The van der Waals surface area contributed by atoms with Crippen LogP contribution in [0.1, 0.15) is 43.5 Å². The van der Waals surface area contributed by atoms with E-state index < -0.39 is 6.04 Å². The number of benzene rings is 1. The monoisotopic (exact) mass is 423 g/mol. The lowest BCUT2D eigenvalue weighted by Gasteiger charge is -2.30. The average Bonchev–Trinajstić information content (AvgIpc) is 3.31. The zero-order chi connectivity index (χ0) is 20.1. The Morgan fingerprint density at radius 1 is 1.21 bits per heavy atom. The van der Waals surface area contributed by atoms with E-state index in [2.05, 4.69) is 24.1 Å². The molecule has 2 aliphatic rings. The molecule has 7 heteroatoms. The van der Waals surface area contributed by atoms with E-state index in [1.54, 1.807) is 40.9 Å². The third-order valence-corrected chi connectivity index (χ3v) is 6.88. The van der Waals surface area contributed by atoms with Gasteiger partial charge in [0.05, 0.1) is 5.37 Å². The van der Waals surface area contributed by atoms with Gasteiger partial charge in [0.2, 0.25) is 5.91 Å². The topological polar surface area (TPSA) is 52.7 Å². The van der Waals surface area contributed by atoms with E-state index in [-0.39, 0.29) is 17.2 Å². The number of halogens is 1. The molecule has 0 spiro atoms. The van der Waals surface area contributed by atoms with Crippen molar-refractivity contribution in [2.45, 2.75) is 44.5 Å². The number of rotatable bonds is 7. The highest BCUT2D eigenvalue weighted by Gasteiger charge is 2.41. The minimum atomic E-state index is -0.421. The standard InChI is InChI=1S/C21H30ClN3O2S/c1-15(2)13-19-25(21(27)16-5-7-17(22)8-6-16)18(14-28-19)20(26)23-9-12-24-10-3-4-11-24/h5-8,15,18-19H,3-4,9-14H2,1-2H3,(H,23,26)/t18-,19+/m1/s1. The first-order chi connectivity index (χ1) is 13.5. The van der Waals surface area contributed by atoms with Crippen molar-refractivity contribution in [3.05, 3.63) is 34.9 Å². The van der Waals surface area contributed by atoms with Crippen molar-refractivity contribution in [2.75, 3.05) is 31.9 Å². The van der Waals surface area contributed by atoms with Gasteiger partial charge in [0, 0.05) is 29.4 Å². The summed E-state index contributed by atoms with van der Waals surface area (Å²) < 4.78 is 0. The van der Waals surface area contributed by atoms with Crippen LogP contribution < -0.4 is 5.32 Å². The lowest BCUT2D eigenvalue weighted by Crippen LogP contribution is -2.51. The Hall–Kier alpha value is -1.24. The summed E-state index contributed by atoms with van der Waals surface area (Å²) in [4.78, 5) is 30.3. The van der Waals surface area contributed by atoms with Gasteiger partial charge in [-0.25, -0.2) is 0 Å². The summed E-state index contributed by atoms with van der Waals surface area (Å²) in [7, 11) is 0. The molecule has 154 valence electrons. The molecule has 0 bridgehead atoms. The number of nitrogens with one attached hydrogen (secondary N) is 1. The Labute approximate surface area is 177 Å². The fourth-order valence-corrected chi connectivity index (χ4v) is 5.59. The van der Waals surface area contributed by atoms with Crippen molar-refractivity contribution in [3.63, 3.8) is 0 Å². The molecule has 1 aromatic rings. The maximum atomic E-state index is 13.2. The first kappa shape index (κ1) is 21.5. The Morgan fingerprint density at radius 3 is 2.54 bits per heavy atom. The maximum Gasteiger partial charge on any atom is 0.255 e. The summed E-state index contributed by atoms with van der Waals surface area (Å²) in [6, 6.07) is 6.50. The van der Waals surface area contributed by atoms with Crippen LogP contribution in [-0.2, 0) is 4.79 Å². The summed E-state index contributed by atoms with van der Waals surface area (Å²) in [5.41, 5.74) is 0.579. The summed E-state index contributed by atoms with van der Waals surface area (Å²) in [6.45, 7) is 8.05. The van der Waals surface area contributed by atoms with Crippen LogP contribution in [0.5, 0.6) is 0 Å². The SMILES string of the molecule is CC(C)C[C@@H]1SC[C@H](C(=O)NCCN2CCCC2)N1C(=O)c1ccc(Cl)cc1. The van der Waals surface area contributed by atoms with Crippen molar-refractivity contribution in [1.82, 2.24) is 15.1 Å². The Morgan fingerprint density at radius 2 is 1.89 bits per heavy atom. The number of carbonyl (C=O) groups excluding carboxylic acids is 2. The van der Waals surface area contributed by atoms with Crippen LogP contribution >= 0.6 is 23.4 Å². The van der Waals surface area contributed by atoms with E-state index in [1.807, 2.05) is 0 Å². The van der Waals surface area contributed by atoms with Gasteiger partial charge in [-0.2, -0.15) is 0 Å². The summed E-state index contributed by atoms with van der Waals surface area (Å²) in [5, 5.41) is 3.69. The number of likely N-dealkylation sites (tertiary alicyclic amines) is 1. The van der Waals surface area contributed by atoms with E-state index >= 15 is 0 Å². The number of carbonyl (C=O) groups is 2. The quantitative estimate of drug-likeness (QED) is 0.729. The van der Waals surface area contributed by atoms with Crippen molar-refractivity contribution in [2.24, 2.45) is 5.92 Å². The number of amides is 2. The lowest BCUT2D eigenvalue weighted by atomic mass is 10.1. The summed E-state index contributed by atoms with van der Waals surface area (Å²) in [5.74, 6) is 0.967. The van der Waals surface area contributed by atoms with Crippen LogP contribution in [0, 0.1) is 5.92 Å². The van der Waals surface area contributed by atoms with Gasteiger partial charge >= 0.3 is 0 Å². The molecule has 0 radical (unpaired) electrons. The molecule has 2 heterocycles. The van der Waals surface area contributed by atoms with Crippen molar-refractivity contribution < 1.29 is 9.59 Å². The maximum absolute atomic E-state index is 13.2. The molecular weight excluding hydrogens is 394 g/mol. The van der Waals surface area contributed by atoms with Gasteiger partial charge in [-0.15, -0.1) is 11.8 Å². The molecule has 0 aliphatic carbocycles. The van der Waals surface area contributed by atoms with Crippen molar-refractivity contribution in [3.8, 4) is 0 Å². The molecule has 2 atom stereocenters. The molecule has 0 aromatic heterocycles. The molecule has 2 aliphatic heterocycles. The zero-order valence-corrected chi connectivity index (χ0v) is 18.3. The molecule has 1 aromatic carbocycles. The first-order valence-electron chi connectivity index (χ1n) is 10.2. The van der Waals surface area contributed by atoms with Gasteiger partial charge in [0.15, 0.2) is 0 Å². The van der Waals surface area contributed by atoms with E-state index in [4.69, 9.17) is 11.6 Å². The summed E-state index contributed by atoms with van der Waals surface area (Å²) >= 11 is 7.67. The van der Waals surface area contributed by atoms with Crippen LogP contribution in [0.3, 0.4) is 0 Å². The Balaban J connectivity index is 1.67. The minimum absolute atomic E-state index is 0.0255. The second-order valence-electron chi connectivity index (χ2n) is 7.99. The second-order valence-corrected chi connectivity index (χ2v) is 9.64. The zero-order valence-electron chi connectivity index (χ0n) is 16.7. The number of hydrogen-bond donors (Lipinski definition) is 1. The van der Waals surface area contributed by atoms with Crippen LogP contribution in [0.25, 0.3) is 0 Å². The third kappa shape index (κ3) is 5.43. The molecule has 0 unspecified atom stereocenters. The predicted octanol–water partition coefficient (Wildman–Crippen LogP) is 3.48. The molecule has 28 heavy (non-hydrogen) atoms. The molecule has 5 nitrogen and oxygen atoms in total. The fourth-order valence-electron chi connectivity index (χ4n) is 3.83. The number of thioether (sulfide) groups is 1. The highest BCUT2D eigenvalue weighted by molar-refractivity contribution is 8.00. The first-order valence-corrected chi connectivity index (χ1v) is 11.6. The fraction of sp³-hybridized carbons (Fsp3) is 0.619. The van der Waals surface area contributed by atoms with Crippen LogP contribution in [0.15, 0.2) is 24.3 Å². The second kappa shape index (κ2) is 9.99. The lowest BCUT2D eigenvalue weighted by molar-refractivity contribution is -0.124. The number of nitrogens with zero attached hydrogens (tertiary/aromatic N) is 2. The largest absolute Gasteiger partial charge is 0.353 e. The van der Waals surface area contributed by atoms with Crippen LogP contribution in [0.2, 0.25) is 5.02 Å². The van der Waals surface area contributed by atoms with Gasteiger partial charge in [-0.05, 0) is 62.5 Å². The molecule has 2 amide bonds. The predicted molar refractivity (Wildman–Crippen MR) is 116 cm³/mol. The smallest absolute Gasteiger partial charge is 0.255 e. The van der Waals surface area contributed by atoms with Crippen molar-refractivity contribution in [1.29, 1.82) is 0 Å². The van der Waals surface area contributed by atoms with Gasteiger partial charge < -0.3 is 15.1 Å². The van der Waals surface area contributed by atoms with E-state index in [1.165, 1.54) is 12.8 Å². The molecule has 2 saturated heterocycles. The molecule has 2 fully saturated rings. The van der Waals surface area contributed by atoms with Crippen molar-refractivity contribution >= 4 is 35.2 Å². The van der Waals surface area contributed by atoms with Crippen LogP contribution in [0.4, 0.5) is 0 Å². The van der Waals surface area contributed by atoms with Gasteiger partial charge in [-0.1, -0.05) is 25.4 Å². The number of hydrogen-bond acceptors (Lipinski definition) is 4. The van der Waals surface area contributed by atoms with Crippen LogP contribution in [-0.4, -0.2) is 65.0 Å². The molecule has 3 rings (SSSR count). The van der Waals surface area contributed by atoms with E-state index in [0.717, 1.165) is 26.1 Å². The van der Waals surface area contributed by atoms with Gasteiger partial charge in [-0.3, -0.25) is 9.59 Å². The highest BCUT2D eigenvalue weighted by Crippen LogP contribution is 2.34.